The predicted octanol–water partition coefficient (Wildman–Crippen LogP) is 2.42. The average Bonchev–Trinajstić information content (AvgIpc) is 3.04. The number of amides is 1. The van der Waals surface area contributed by atoms with Gasteiger partial charge in [0.1, 0.15) is 5.76 Å². The maximum absolute atomic E-state index is 12.1. The van der Waals surface area contributed by atoms with Crippen LogP contribution in [-0.2, 0) is 13.1 Å². The smallest absolute Gasteiger partial charge is 0.287 e. The van der Waals surface area contributed by atoms with Crippen LogP contribution in [-0.4, -0.2) is 10.5 Å². The second kappa shape index (κ2) is 6.79. The van der Waals surface area contributed by atoms with E-state index in [1.54, 1.807) is 30.5 Å². The van der Waals surface area contributed by atoms with Gasteiger partial charge in [0, 0.05) is 18.8 Å². The fraction of sp³-hybridized carbons (Fsp3) is 0.111. The predicted molar refractivity (Wildman–Crippen MR) is 86.1 cm³/mol. The summed E-state index contributed by atoms with van der Waals surface area (Å²) >= 11 is 0. The van der Waals surface area contributed by atoms with E-state index in [0.29, 0.717) is 18.8 Å². The number of aromatic nitrogens is 1. The molecule has 0 bridgehead atoms. The zero-order valence-electron chi connectivity index (χ0n) is 12.4. The Morgan fingerprint density at radius 1 is 1.00 bits per heavy atom. The molecule has 0 aliphatic heterocycles. The largest absolute Gasteiger partial charge is 0.454 e. The molecule has 2 heterocycles. The Bertz CT molecular complexity index is 850. The maximum Gasteiger partial charge on any atom is 0.287 e. The van der Waals surface area contributed by atoms with Crippen LogP contribution in [0.1, 0.15) is 21.9 Å². The van der Waals surface area contributed by atoms with Gasteiger partial charge in [-0.3, -0.25) is 9.59 Å². The Hall–Kier alpha value is -3.08. The van der Waals surface area contributed by atoms with Gasteiger partial charge < -0.3 is 14.3 Å². The van der Waals surface area contributed by atoms with Crippen molar-refractivity contribution in [2.45, 2.75) is 13.1 Å². The van der Waals surface area contributed by atoms with Crippen LogP contribution in [0.2, 0.25) is 0 Å². The third-order valence-corrected chi connectivity index (χ3v) is 3.41. The first-order valence-electron chi connectivity index (χ1n) is 7.29. The van der Waals surface area contributed by atoms with Gasteiger partial charge in [0.05, 0.1) is 6.54 Å². The molecule has 5 heteroatoms. The molecule has 1 amide bonds. The van der Waals surface area contributed by atoms with Gasteiger partial charge in [0.15, 0.2) is 5.76 Å². The normalized spacial score (nSPS) is 10.4. The molecule has 3 rings (SSSR count). The second-order valence-electron chi connectivity index (χ2n) is 5.10. The highest BCUT2D eigenvalue weighted by Gasteiger charge is 2.11. The van der Waals surface area contributed by atoms with Crippen LogP contribution in [0.4, 0.5) is 0 Å². The first-order valence-corrected chi connectivity index (χ1v) is 7.29. The van der Waals surface area contributed by atoms with Crippen LogP contribution in [0.3, 0.4) is 0 Å². The third kappa shape index (κ3) is 3.77. The lowest BCUT2D eigenvalue weighted by molar-refractivity contribution is 0.0921. The van der Waals surface area contributed by atoms with E-state index in [1.165, 1.54) is 10.6 Å². The van der Waals surface area contributed by atoms with Gasteiger partial charge in [-0.05, 0) is 23.8 Å². The minimum atomic E-state index is -0.277. The van der Waals surface area contributed by atoms with Crippen LogP contribution in [0.15, 0.2) is 76.1 Å². The van der Waals surface area contributed by atoms with Gasteiger partial charge >= 0.3 is 0 Å². The Balaban J connectivity index is 1.63. The van der Waals surface area contributed by atoms with Crippen molar-refractivity contribution in [3.63, 3.8) is 0 Å². The van der Waals surface area contributed by atoms with E-state index in [4.69, 9.17) is 4.42 Å². The Kier molecular flexibility index (Phi) is 4.38. The molecule has 5 nitrogen and oxygen atoms in total. The zero-order chi connectivity index (χ0) is 16.1. The van der Waals surface area contributed by atoms with Crippen molar-refractivity contribution < 1.29 is 9.21 Å². The number of rotatable bonds is 5. The standard InChI is InChI=1S/C18H16N2O3/c21-17-8-4-5-11-20(17)13-15-9-10-16(23-15)18(22)19-12-14-6-2-1-3-7-14/h1-11H,12-13H2,(H,19,22). The van der Waals surface area contributed by atoms with Crippen molar-refractivity contribution in [3.8, 4) is 0 Å². The van der Waals surface area contributed by atoms with E-state index in [1.807, 2.05) is 30.3 Å². The number of carbonyl (C=O) groups is 1. The summed E-state index contributed by atoms with van der Waals surface area (Å²) in [5.41, 5.74) is 0.905. The van der Waals surface area contributed by atoms with Gasteiger partial charge in [0.25, 0.3) is 11.5 Å². The first kappa shape index (κ1) is 14.8. The number of furan rings is 1. The molecule has 0 saturated heterocycles. The van der Waals surface area contributed by atoms with Crippen molar-refractivity contribution in [3.05, 3.63) is 94.3 Å². The molecule has 3 aromatic rings. The van der Waals surface area contributed by atoms with Crippen LogP contribution in [0, 0.1) is 0 Å². The van der Waals surface area contributed by atoms with Crippen molar-refractivity contribution in [1.82, 2.24) is 9.88 Å². The number of benzene rings is 1. The van der Waals surface area contributed by atoms with E-state index in [9.17, 15) is 9.59 Å². The number of pyridine rings is 1. The highest BCUT2D eigenvalue weighted by atomic mass is 16.4. The highest BCUT2D eigenvalue weighted by Crippen LogP contribution is 2.09. The summed E-state index contributed by atoms with van der Waals surface area (Å²) in [5, 5.41) is 2.80. The SMILES string of the molecule is O=C(NCc1ccccc1)c1ccc(Cn2ccccc2=O)o1. The molecular weight excluding hydrogens is 292 g/mol. The minimum absolute atomic E-state index is 0.112. The topological polar surface area (TPSA) is 64.2 Å². The third-order valence-electron chi connectivity index (χ3n) is 3.41. The Morgan fingerprint density at radius 3 is 2.57 bits per heavy atom. The summed E-state index contributed by atoms with van der Waals surface area (Å²) in [6.45, 7) is 0.736. The summed E-state index contributed by atoms with van der Waals surface area (Å²) in [5.74, 6) is 0.517. The zero-order valence-corrected chi connectivity index (χ0v) is 12.4. The van der Waals surface area contributed by atoms with Crippen LogP contribution >= 0.6 is 0 Å². The molecule has 23 heavy (non-hydrogen) atoms. The quantitative estimate of drug-likeness (QED) is 0.787. The molecule has 0 aliphatic rings. The Labute approximate surface area is 133 Å². The molecular formula is C18H16N2O3. The lowest BCUT2D eigenvalue weighted by Gasteiger charge is -2.04. The summed E-state index contributed by atoms with van der Waals surface area (Å²) in [6.07, 6.45) is 1.68. The molecule has 0 atom stereocenters. The Morgan fingerprint density at radius 2 is 1.78 bits per heavy atom. The van der Waals surface area contributed by atoms with E-state index in [-0.39, 0.29) is 17.2 Å². The van der Waals surface area contributed by atoms with Crippen LogP contribution < -0.4 is 10.9 Å². The first-order chi connectivity index (χ1) is 11.2. The number of nitrogens with one attached hydrogen (secondary N) is 1. The fourth-order valence-electron chi connectivity index (χ4n) is 2.21. The summed E-state index contributed by atoms with van der Waals surface area (Å²) in [7, 11) is 0. The monoisotopic (exact) mass is 308 g/mol. The van der Waals surface area contributed by atoms with E-state index < -0.39 is 0 Å². The van der Waals surface area contributed by atoms with E-state index in [2.05, 4.69) is 5.32 Å². The summed E-state index contributed by atoms with van der Waals surface area (Å²) in [6, 6.07) is 17.9. The number of nitrogens with zero attached hydrogens (tertiary/aromatic N) is 1. The number of carbonyl (C=O) groups excluding carboxylic acids is 1. The summed E-state index contributed by atoms with van der Waals surface area (Å²) in [4.78, 5) is 23.7. The number of hydrogen-bond donors (Lipinski definition) is 1. The maximum atomic E-state index is 12.1. The lowest BCUT2D eigenvalue weighted by Crippen LogP contribution is -2.22. The molecule has 2 aromatic heterocycles. The van der Waals surface area contributed by atoms with Crippen LogP contribution in [0.25, 0.3) is 0 Å². The van der Waals surface area contributed by atoms with Gasteiger partial charge in [-0.2, -0.15) is 0 Å². The van der Waals surface area contributed by atoms with Crippen molar-refractivity contribution in [2.24, 2.45) is 0 Å². The minimum Gasteiger partial charge on any atom is -0.454 e. The van der Waals surface area contributed by atoms with Crippen molar-refractivity contribution >= 4 is 5.91 Å². The van der Waals surface area contributed by atoms with Gasteiger partial charge in [0.2, 0.25) is 0 Å². The molecule has 0 aliphatic carbocycles. The number of hydrogen-bond acceptors (Lipinski definition) is 3. The molecule has 0 spiro atoms. The van der Waals surface area contributed by atoms with Gasteiger partial charge in [-0.1, -0.05) is 36.4 Å². The highest BCUT2D eigenvalue weighted by molar-refractivity contribution is 5.91. The van der Waals surface area contributed by atoms with Gasteiger partial charge in [-0.25, -0.2) is 0 Å². The van der Waals surface area contributed by atoms with Crippen LogP contribution in [0.5, 0.6) is 0 Å². The van der Waals surface area contributed by atoms with Crippen molar-refractivity contribution in [1.29, 1.82) is 0 Å². The fourth-order valence-corrected chi connectivity index (χ4v) is 2.21. The van der Waals surface area contributed by atoms with Gasteiger partial charge in [-0.15, -0.1) is 0 Å². The molecule has 1 N–H and O–H groups in total. The van der Waals surface area contributed by atoms with E-state index >= 15 is 0 Å². The van der Waals surface area contributed by atoms with Crippen molar-refractivity contribution in [2.75, 3.05) is 0 Å². The molecule has 0 unspecified atom stereocenters. The molecule has 0 saturated carbocycles. The average molecular weight is 308 g/mol. The molecule has 0 fully saturated rings. The lowest BCUT2D eigenvalue weighted by atomic mass is 10.2. The molecule has 116 valence electrons. The molecule has 1 aromatic carbocycles. The summed E-state index contributed by atoms with van der Waals surface area (Å²) < 4.78 is 7.04. The molecule has 0 radical (unpaired) electrons. The second-order valence-corrected chi connectivity index (χ2v) is 5.10. The van der Waals surface area contributed by atoms with E-state index in [0.717, 1.165) is 5.56 Å².